The average Bonchev–Trinajstić information content (AvgIpc) is 1.95. The molecule has 16 heavy (non-hydrogen) atoms. The van der Waals surface area contributed by atoms with Gasteiger partial charge in [-0.15, -0.1) is 0 Å². The number of rotatable bonds is 1. The minimum atomic E-state index is -0.0261. The molecule has 0 bridgehead atoms. The van der Waals surface area contributed by atoms with Gasteiger partial charge in [-0.25, -0.2) is 0 Å². The zero-order valence-corrected chi connectivity index (χ0v) is 12.3. The smallest absolute Gasteiger partial charge is 0.358 e. The van der Waals surface area contributed by atoms with Gasteiger partial charge in [-0.05, 0) is 10.8 Å². The molecule has 0 aliphatic rings. The first-order valence-corrected chi connectivity index (χ1v) is 4.85. The molecule has 0 aromatic heterocycles. The Bertz CT molecular complexity index is 227. The van der Waals surface area contributed by atoms with E-state index in [0.717, 1.165) is 11.4 Å². The second-order valence-electron chi connectivity index (χ2n) is 5.59. The van der Waals surface area contributed by atoms with E-state index in [2.05, 4.69) is 65.6 Å². The van der Waals surface area contributed by atoms with Crippen LogP contribution in [0.2, 0.25) is 0 Å². The topological polar surface area (TPSA) is 24.7 Å². The predicted octanol–water partition coefficient (Wildman–Crippen LogP) is -2.45. The van der Waals surface area contributed by atoms with Crippen molar-refractivity contribution in [3.8, 4) is 0 Å². The van der Waals surface area contributed by atoms with Crippen molar-refractivity contribution in [3.05, 3.63) is 13.8 Å². The number of hydrogen-bond donors (Lipinski definition) is 0. The van der Waals surface area contributed by atoms with Crippen LogP contribution in [-0.4, -0.2) is 11.4 Å². The molecule has 4 heteroatoms. The Hall–Kier alpha value is 0.275. The van der Waals surface area contributed by atoms with Crippen LogP contribution < -0.4 is 37.7 Å². The van der Waals surface area contributed by atoms with Crippen LogP contribution in [0.3, 0.4) is 0 Å². The summed E-state index contributed by atoms with van der Waals surface area (Å²) in [5, 5.41) is 8.19. The second-order valence-corrected chi connectivity index (χ2v) is 5.59. The Morgan fingerprint density at radius 3 is 1.00 bits per heavy atom. The van der Waals surface area contributed by atoms with E-state index in [-0.39, 0.29) is 48.6 Å². The van der Waals surface area contributed by atoms with Crippen molar-refractivity contribution in [1.82, 2.24) is 0 Å². The molecule has 2 nitrogen and oxygen atoms in total. The van der Waals surface area contributed by atoms with Gasteiger partial charge in [0.2, 0.25) is 0 Å². The Kier molecular flexibility index (Phi) is 10.2. The average molecular weight is 208 g/mol. The summed E-state index contributed by atoms with van der Waals surface area (Å²) >= 11 is 0. The summed E-state index contributed by atoms with van der Waals surface area (Å²) in [6, 6.07) is 0. The van der Waals surface area contributed by atoms with Gasteiger partial charge in [0.05, 0.1) is 0 Å². The van der Waals surface area contributed by atoms with Crippen molar-refractivity contribution in [2.45, 2.75) is 41.5 Å². The minimum Gasteiger partial charge on any atom is -0.358 e. The largest absolute Gasteiger partial charge is 1.00 e. The van der Waals surface area contributed by atoms with Crippen LogP contribution in [0.25, 0.3) is 0 Å². The monoisotopic (exact) mass is 208 g/mol. The Labute approximate surface area is 125 Å². The van der Waals surface area contributed by atoms with Gasteiger partial charge >= 0.3 is 37.7 Å². The van der Waals surface area contributed by atoms with E-state index in [1.54, 1.807) is 0 Å². The molecule has 0 N–H and O–H groups in total. The molecule has 0 aliphatic carbocycles. The van der Waals surface area contributed by atoms with E-state index in [1.165, 1.54) is 0 Å². The van der Waals surface area contributed by atoms with Gasteiger partial charge in [0, 0.05) is 0 Å². The minimum absolute atomic E-state index is 0. The van der Waals surface area contributed by atoms with Crippen molar-refractivity contribution in [1.29, 1.82) is 0 Å². The molecule has 0 aliphatic heterocycles. The first-order valence-electron chi connectivity index (χ1n) is 4.85. The van der Waals surface area contributed by atoms with Crippen LogP contribution in [0.1, 0.15) is 41.5 Å². The fraction of sp³-hybridized carbons (Fsp3) is 0.667. The molecule has 82 valence electrons. The Balaban J connectivity index is -0.000000845. The van der Waals surface area contributed by atoms with E-state index in [4.69, 9.17) is 0 Å². The molecule has 0 atom stereocenters. The molecule has 0 saturated carbocycles. The zero-order chi connectivity index (χ0) is 11.6. The fourth-order valence-corrected chi connectivity index (χ4v) is 0.421. The van der Waals surface area contributed by atoms with Gasteiger partial charge in [-0.2, -0.15) is 10.2 Å². The molecule has 0 unspecified atom stereocenters. The third kappa shape index (κ3) is 8.43. The summed E-state index contributed by atoms with van der Waals surface area (Å²) in [4.78, 5) is 0. The maximum Gasteiger partial charge on any atom is 1.00 e. The molecular formula is C12H22Li2N2. The molecule has 0 saturated heterocycles. The van der Waals surface area contributed by atoms with Crippen LogP contribution in [0.5, 0.6) is 0 Å². The molecule has 0 aromatic rings. The third-order valence-electron chi connectivity index (χ3n) is 2.02. The fourth-order valence-electron chi connectivity index (χ4n) is 0.421. The van der Waals surface area contributed by atoms with Gasteiger partial charge in [-0.3, -0.25) is 0 Å². The van der Waals surface area contributed by atoms with E-state index in [0.29, 0.717) is 0 Å². The van der Waals surface area contributed by atoms with E-state index in [9.17, 15) is 0 Å². The number of nitrogens with zero attached hydrogens (tertiary/aromatic N) is 2. The summed E-state index contributed by atoms with van der Waals surface area (Å²) in [7, 11) is 0. The van der Waals surface area contributed by atoms with Crippen LogP contribution in [-0.2, 0) is 0 Å². The summed E-state index contributed by atoms with van der Waals surface area (Å²) in [5.41, 5.74) is 1.51. The Morgan fingerprint density at radius 1 is 0.688 bits per heavy atom. The molecule has 0 rings (SSSR count). The molecule has 0 aromatic carbocycles. The van der Waals surface area contributed by atoms with E-state index < -0.39 is 0 Å². The zero-order valence-electron chi connectivity index (χ0n) is 12.3. The van der Waals surface area contributed by atoms with Crippen molar-refractivity contribution in [2.75, 3.05) is 0 Å². The normalized spacial score (nSPS) is 13.9. The standard InChI is InChI=1S/C12H22N2.2Li/c1-9(11(3,4)5)13-14-10(2)12(6,7)8;;/h1-2H2,3-8H3;;/q-2;2*+1/b13-9-,14-10-;;. The van der Waals surface area contributed by atoms with E-state index >= 15 is 0 Å². The predicted molar refractivity (Wildman–Crippen MR) is 64.5 cm³/mol. The van der Waals surface area contributed by atoms with E-state index in [1.807, 2.05) is 0 Å². The quantitative estimate of drug-likeness (QED) is 0.198. The maximum atomic E-state index is 4.09. The van der Waals surface area contributed by atoms with Gasteiger partial charge < -0.3 is 13.8 Å². The van der Waals surface area contributed by atoms with Gasteiger partial charge in [0.25, 0.3) is 0 Å². The molecule has 0 heterocycles. The second kappa shape index (κ2) is 7.57. The molecule has 0 radical (unpaired) electrons. The first-order chi connectivity index (χ1) is 6.05. The maximum absolute atomic E-state index is 4.09. The summed E-state index contributed by atoms with van der Waals surface area (Å²) in [6.45, 7) is 20.1. The number of hydrogen-bond acceptors (Lipinski definition) is 2. The molecule has 0 amide bonds. The van der Waals surface area contributed by atoms with Crippen molar-refractivity contribution in [2.24, 2.45) is 21.0 Å². The third-order valence-corrected chi connectivity index (χ3v) is 2.02. The Morgan fingerprint density at radius 2 is 0.875 bits per heavy atom. The van der Waals surface area contributed by atoms with Crippen molar-refractivity contribution >= 4 is 11.4 Å². The SMILES string of the molecule is [CH2-]/C(=N/N=C(/[CH2-])C(C)(C)C)C(C)(C)C.[Li+].[Li+]. The molecular weight excluding hydrogens is 186 g/mol. The van der Waals surface area contributed by atoms with Gasteiger partial charge in [0.1, 0.15) is 0 Å². The van der Waals surface area contributed by atoms with Gasteiger partial charge in [0.15, 0.2) is 0 Å². The van der Waals surface area contributed by atoms with Crippen molar-refractivity contribution < 1.29 is 37.7 Å². The van der Waals surface area contributed by atoms with Crippen LogP contribution in [0.15, 0.2) is 10.2 Å². The summed E-state index contributed by atoms with van der Waals surface area (Å²) in [5.74, 6) is 0. The van der Waals surface area contributed by atoms with Crippen LogP contribution in [0, 0.1) is 24.7 Å². The first kappa shape index (κ1) is 21.5. The molecule has 0 spiro atoms. The summed E-state index contributed by atoms with van der Waals surface area (Å²) in [6.07, 6.45) is 0. The summed E-state index contributed by atoms with van der Waals surface area (Å²) < 4.78 is 0. The van der Waals surface area contributed by atoms with Crippen molar-refractivity contribution in [3.63, 3.8) is 0 Å². The van der Waals surface area contributed by atoms with Gasteiger partial charge in [-0.1, -0.05) is 53.0 Å². The van der Waals surface area contributed by atoms with Crippen LogP contribution >= 0.6 is 0 Å². The molecule has 0 fully saturated rings. The van der Waals surface area contributed by atoms with Crippen LogP contribution in [0.4, 0.5) is 0 Å².